The molecule has 0 aromatic rings. The van der Waals surface area contributed by atoms with Crippen LogP contribution in [0.1, 0.15) is 58.8 Å². The van der Waals surface area contributed by atoms with E-state index in [1.54, 1.807) is 0 Å². The summed E-state index contributed by atoms with van der Waals surface area (Å²) in [7, 11) is -4.69. The van der Waals surface area contributed by atoms with Crippen LogP contribution in [0.2, 0.25) is 0 Å². The average Bonchev–Trinajstić information content (AvgIpc) is 2.47. The van der Waals surface area contributed by atoms with E-state index in [9.17, 15) is 14.2 Å². The van der Waals surface area contributed by atoms with E-state index in [1.165, 1.54) is 0 Å². The maximum atomic E-state index is 11.7. The van der Waals surface area contributed by atoms with Crippen LogP contribution in [0.3, 0.4) is 0 Å². The standard InChI is InChI=1S/C14H27O8P/c1-3-5-7-9-14(16)22-12(11-21-23(17,18)19)10-20-13(15)8-6-4-2/h12H,3-11H2,1-2H3,(H2,17,18,19). The Hall–Kier alpha value is -0.950. The molecular weight excluding hydrogens is 327 g/mol. The fourth-order valence-electron chi connectivity index (χ4n) is 1.64. The van der Waals surface area contributed by atoms with Crippen LogP contribution in [0, 0.1) is 0 Å². The van der Waals surface area contributed by atoms with Gasteiger partial charge in [-0.2, -0.15) is 0 Å². The smallest absolute Gasteiger partial charge is 0.462 e. The molecule has 0 spiro atoms. The summed E-state index contributed by atoms with van der Waals surface area (Å²) in [6.07, 6.45) is 3.42. The molecule has 0 aromatic heterocycles. The van der Waals surface area contributed by atoms with Gasteiger partial charge >= 0.3 is 19.8 Å². The lowest BCUT2D eigenvalue weighted by Crippen LogP contribution is -2.29. The highest BCUT2D eigenvalue weighted by atomic mass is 31.2. The van der Waals surface area contributed by atoms with Gasteiger partial charge in [0.15, 0.2) is 6.10 Å². The van der Waals surface area contributed by atoms with Gasteiger partial charge in [-0.3, -0.25) is 14.1 Å². The minimum Gasteiger partial charge on any atom is -0.462 e. The van der Waals surface area contributed by atoms with Crippen LogP contribution in [-0.4, -0.2) is 41.0 Å². The second-order valence-electron chi connectivity index (χ2n) is 5.14. The molecule has 0 aromatic carbocycles. The molecule has 136 valence electrons. The molecule has 0 aliphatic rings. The topological polar surface area (TPSA) is 119 Å². The first-order valence-corrected chi connectivity index (χ1v) is 9.36. The van der Waals surface area contributed by atoms with Crippen molar-refractivity contribution in [3.63, 3.8) is 0 Å². The first kappa shape index (κ1) is 22.1. The van der Waals surface area contributed by atoms with Gasteiger partial charge in [-0.05, 0) is 12.8 Å². The third-order valence-corrected chi connectivity index (χ3v) is 3.36. The fraction of sp³-hybridized carbons (Fsp3) is 0.857. The van der Waals surface area contributed by atoms with Crippen molar-refractivity contribution >= 4 is 19.8 Å². The molecule has 0 saturated carbocycles. The molecule has 8 nitrogen and oxygen atoms in total. The van der Waals surface area contributed by atoms with Gasteiger partial charge in [0, 0.05) is 12.8 Å². The third kappa shape index (κ3) is 14.4. The number of hydrogen-bond acceptors (Lipinski definition) is 6. The summed E-state index contributed by atoms with van der Waals surface area (Å²) in [6.45, 7) is 3.10. The Kier molecular flexibility index (Phi) is 12.0. The van der Waals surface area contributed by atoms with Crippen molar-refractivity contribution in [1.29, 1.82) is 0 Å². The quantitative estimate of drug-likeness (QED) is 0.294. The highest BCUT2D eigenvalue weighted by molar-refractivity contribution is 7.46. The molecule has 0 heterocycles. The molecule has 0 rings (SSSR count). The van der Waals surface area contributed by atoms with Crippen LogP contribution in [-0.2, 0) is 28.2 Å². The Bertz CT molecular complexity index is 392. The number of carbonyl (C=O) groups is 2. The second-order valence-corrected chi connectivity index (χ2v) is 6.38. The summed E-state index contributed by atoms with van der Waals surface area (Å²) in [5.74, 6) is -0.961. The van der Waals surface area contributed by atoms with Gasteiger partial charge in [-0.25, -0.2) is 4.57 Å². The Labute approximate surface area is 136 Å². The lowest BCUT2D eigenvalue weighted by Gasteiger charge is -2.18. The molecule has 0 amide bonds. The van der Waals surface area contributed by atoms with Gasteiger partial charge in [0.25, 0.3) is 0 Å². The summed E-state index contributed by atoms with van der Waals surface area (Å²) in [4.78, 5) is 40.5. The van der Waals surface area contributed by atoms with Crippen molar-refractivity contribution in [2.45, 2.75) is 64.9 Å². The van der Waals surface area contributed by atoms with Gasteiger partial charge in [0.2, 0.25) is 0 Å². The molecule has 23 heavy (non-hydrogen) atoms. The number of esters is 2. The van der Waals surface area contributed by atoms with E-state index in [1.807, 2.05) is 13.8 Å². The Morgan fingerprint density at radius 2 is 1.57 bits per heavy atom. The number of phosphoric ester groups is 1. The number of phosphoric acid groups is 1. The van der Waals surface area contributed by atoms with E-state index < -0.39 is 32.5 Å². The van der Waals surface area contributed by atoms with Crippen molar-refractivity contribution in [1.82, 2.24) is 0 Å². The largest absolute Gasteiger partial charge is 0.469 e. The highest BCUT2D eigenvalue weighted by Gasteiger charge is 2.22. The summed E-state index contributed by atoms with van der Waals surface area (Å²) in [5, 5.41) is 0. The van der Waals surface area contributed by atoms with Crippen LogP contribution in [0.25, 0.3) is 0 Å². The number of ether oxygens (including phenoxy) is 2. The van der Waals surface area contributed by atoms with Gasteiger partial charge in [0.1, 0.15) is 6.61 Å². The van der Waals surface area contributed by atoms with Gasteiger partial charge < -0.3 is 19.3 Å². The number of carbonyl (C=O) groups excluding carboxylic acids is 2. The predicted molar refractivity (Wildman–Crippen MR) is 82.5 cm³/mol. The summed E-state index contributed by atoms with van der Waals surface area (Å²) in [6, 6.07) is 0. The van der Waals surface area contributed by atoms with E-state index in [4.69, 9.17) is 19.3 Å². The zero-order chi connectivity index (χ0) is 17.7. The van der Waals surface area contributed by atoms with Crippen LogP contribution >= 0.6 is 7.82 Å². The van der Waals surface area contributed by atoms with Crippen molar-refractivity contribution in [3.8, 4) is 0 Å². The summed E-state index contributed by atoms with van der Waals surface area (Å²) in [5.41, 5.74) is 0. The van der Waals surface area contributed by atoms with Crippen LogP contribution in [0.15, 0.2) is 0 Å². The van der Waals surface area contributed by atoms with Crippen LogP contribution in [0.5, 0.6) is 0 Å². The SMILES string of the molecule is CCCCCC(=O)OC(COC(=O)CCCC)COP(=O)(O)O. The zero-order valence-corrected chi connectivity index (χ0v) is 14.6. The van der Waals surface area contributed by atoms with Crippen LogP contribution < -0.4 is 0 Å². The van der Waals surface area contributed by atoms with Crippen LogP contribution in [0.4, 0.5) is 0 Å². The van der Waals surface area contributed by atoms with Crippen molar-refractivity contribution in [2.75, 3.05) is 13.2 Å². The molecule has 1 atom stereocenters. The normalized spacial score (nSPS) is 12.7. The van der Waals surface area contributed by atoms with Gasteiger partial charge in [-0.15, -0.1) is 0 Å². The minimum absolute atomic E-state index is 0.198. The predicted octanol–water partition coefficient (Wildman–Crippen LogP) is 2.32. The first-order valence-electron chi connectivity index (χ1n) is 7.83. The molecule has 0 bridgehead atoms. The van der Waals surface area contributed by atoms with E-state index in [2.05, 4.69) is 4.52 Å². The Morgan fingerprint density at radius 3 is 2.13 bits per heavy atom. The molecule has 0 fully saturated rings. The van der Waals surface area contributed by atoms with E-state index in [0.717, 1.165) is 19.3 Å². The van der Waals surface area contributed by atoms with E-state index >= 15 is 0 Å². The first-order chi connectivity index (χ1) is 10.8. The molecule has 0 aliphatic carbocycles. The maximum absolute atomic E-state index is 11.7. The molecule has 0 radical (unpaired) electrons. The zero-order valence-electron chi connectivity index (χ0n) is 13.7. The van der Waals surface area contributed by atoms with Crippen molar-refractivity contribution in [3.05, 3.63) is 0 Å². The maximum Gasteiger partial charge on any atom is 0.469 e. The molecule has 9 heteroatoms. The van der Waals surface area contributed by atoms with E-state index in [0.29, 0.717) is 12.8 Å². The number of unbranched alkanes of at least 4 members (excludes halogenated alkanes) is 3. The average molecular weight is 354 g/mol. The fourth-order valence-corrected chi connectivity index (χ4v) is 2.00. The molecule has 0 aliphatic heterocycles. The molecular formula is C14H27O8P. The van der Waals surface area contributed by atoms with Gasteiger partial charge in [-0.1, -0.05) is 33.1 Å². The number of hydrogen-bond donors (Lipinski definition) is 2. The van der Waals surface area contributed by atoms with E-state index in [-0.39, 0.29) is 19.4 Å². The monoisotopic (exact) mass is 354 g/mol. The number of rotatable bonds is 13. The lowest BCUT2D eigenvalue weighted by molar-refractivity contribution is -0.161. The molecule has 2 N–H and O–H groups in total. The Morgan fingerprint density at radius 1 is 0.957 bits per heavy atom. The summed E-state index contributed by atoms with van der Waals surface area (Å²) < 4.78 is 25.1. The highest BCUT2D eigenvalue weighted by Crippen LogP contribution is 2.35. The van der Waals surface area contributed by atoms with Crippen molar-refractivity contribution < 1.29 is 37.9 Å². The van der Waals surface area contributed by atoms with Gasteiger partial charge in [0.05, 0.1) is 6.61 Å². The molecule has 0 saturated heterocycles. The Balaban J connectivity index is 4.35. The second kappa shape index (κ2) is 12.5. The third-order valence-electron chi connectivity index (χ3n) is 2.88. The minimum atomic E-state index is -4.69. The lowest BCUT2D eigenvalue weighted by atomic mass is 10.2. The molecule has 1 unspecified atom stereocenters. The van der Waals surface area contributed by atoms with Crippen molar-refractivity contribution in [2.24, 2.45) is 0 Å². The summed E-state index contributed by atoms with van der Waals surface area (Å²) >= 11 is 0.